The molecule has 0 unspecified atom stereocenters. The van der Waals surface area contributed by atoms with Gasteiger partial charge in [0.1, 0.15) is 10.8 Å². The van der Waals surface area contributed by atoms with Gasteiger partial charge < -0.3 is 20.1 Å². The van der Waals surface area contributed by atoms with Crippen molar-refractivity contribution in [1.82, 2.24) is 4.90 Å². The fourth-order valence-corrected chi connectivity index (χ4v) is 5.33. The molecule has 2 heterocycles. The number of amides is 1. The molecular formula is C26H29N3O4S. The van der Waals surface area contributed by atoms with Gasteiger partial charge in [0.25, 0.3) is 0 Å². The second kappa shape index (κ2) is 10.7. The molecule has 1 aromatic heterocycles. The van der Waals surface area contributed by atoms with Gasteiger partial charge in [-0.1, -0.05) is 30.3 Å². The molecule has 3 aromatic rings. The number of piperazine rings is 1. The van der Waals surface area contributed by atoms with Crippen molar-refractivity contribution in [1.29, 1.82) is 0 Å². The van der Waals surface area contributed by atoms with Gasteiger partial charge in [0, 0.05) is 36.7 Å². The Morgan fingerprint density at radius 1 is 1.03 bits per heavy atom. The second-order valence-electron chi connectivity index (χ2n) is 8.17. The molecule has 0 spiro atoms. The summed E-state index contributed by atoms with van der Waals surface area (Å²) in [5, 5.41) is 13.0. The molecule has 0 bridgehead atoms. The lowest BCUT2D eigenvalue weighted by molar-refractivity contribution is -0.117. The van der Waals surface area contributed by atoms with Crippen molar-refractivity contribution < 1.29 is 19.4 Å². The van der Waals surface area contributed by atoms with Crippen molar-refractivity contribution in [3.8, 4) is 16.2 Å². The van der Waals surface area contributed by atoms with E-state index in [0.717, 1.165) is 47.9 Å². The van der Waals surface area contributed by atoms with Crippen molar-refractivity contribution in [2.75, 3.05) is 49.5 Å². The van der Waals surface area contributed by atoms with E-state index >= 15 is 0 Å². The fourth-order valence-electron chi connectivity index (χ4n) is 4.11. The highest BCUT2D eigenvalue weighted by Crippen LogP contribution is 2.40. The summed E-state index contributed by atoms with van der Waals surface area (Å²) in [4.78, 5) is 30.9. The lowest BCUT2D eigenvalue weighted by atomic mass is 10.1. The fraction of sp³-hybridized carbons (Fsp3) is 0.308. The summed E-state index contributed by atoms with van der Waals surface area (Å²) < 4.78 is 5.28. The van der Waals surface area contributed by atoms with Crippen LogP contribution in [0.25, 0.3) is 10.4 Å². The molecule has 2 N–H and O–H groups in total. The minimum Gasteiger partial charge on any atom is -0.508 e. The Hall–Kier alpha value is -3.36. The summed E-state index contributed by atoms with van der Waals surface area (Å²) in [7, 11) is 0. The number of benzene rings is 2. The standard InChI is InChI=1S/C26H29N3O4S/c1-3-33-26(32)23-18(2)24(19-7-5-4-6-8-19)34-25(23)27-22(31)17-28-13-15-29(16-14-28)20-9-11-21(30)12-10-20/h4-12,30H,3,13-17H2,1-2H3,(H,27,31). The third-order valence-electron chi connectivity index (χ3n) is 5.87. The Kier molecular flexibility index (Phi) is 7.49. The lowest BCUT2D eigenvalue weighted by Crippen LogP contribution is -2.48. The number of esters is 1. The molecule has 4 rings (SSSR count). The Labute approximate surface area is 203 Å². The highest BCUT2D eigenvalue weighted by molar-refractivity contribution is 7.20. The highest BCUT2D eigenvalue weighted by atomic mass is 32.1. The van der Waals surface area contributed by atoms with Crippen LogP contribution in [0.4, 0.5) is 10.7 Å². The van der Waals surface area contributed by atoms with Crippen molar-refractivity contribution >= 4 is 33.9 Å². The maximum Gasteiger partial charge on any atom is 0.341 e. The third kappa shape index (κ3) is 5.40. The molecule has 0 atom stereocenters. The first kappa shape index (κ1) is 23.8. The van der Waals surface area contributed by atoms with Crippen LogP contribution in [-0.2, 0) is 9.53 Å². The molecule has 1 fully saturated rings. The normalized spacial score (nSPS) is 14.1. The predicted molar refractivity (Wildman–Crippen MR) is 136 cm³/mol. The van der Waals surface area contributed by atoms with Crippen molar-refractivity contribution in [2.24, 2.45) is 0 Å². The number of thiophene rings is 1. The molecule has 34 heavy (non-hydrogen) atoms. The number of phenolic OH excluding ortho intramolecular Hbond substituents is 1. The summed E-state index contributed by atoms with van der Waals surface area (Å²) in [5.74, 6) is -0.318. The summed E-state index contributed by atoms with van der Waals surface area (Å²) in [6.07, 6.45) is 0. The molecule has 7 nitrogen and oxygen atoms in total. The number of carbonyl (C=O) groups excluding carboxylic acids is 2. The molecule has 1 aliphatic rings. The number of hydrogen-bond donors (Lipinski definition) is 2. The summed E-state index contributed by atoms with van der Waals surface area (Å²) >= 11 is 1.40. The van der Waals surface area contributed by atoms with Crippen LogP contribution in [0.15, 0.2) is 54.6 Å². The largest absolute Gasteiger partial charge is 0.508 e. The molecule has 178 valence electrons. The van der Waals surface area contributed by atoms with Crippen LogP contribution in [0.5, 0.6) is 5.75 Å². The number of anilines is 2. The van der Waals surface area contributed by atoms with E-state index in [2.05, 4.69) is 15.1 Å². The average Bonchev–Trinajstić information content (AvgIpc) is 3.16. The number of carbonyl (C=O) groups is 2. The Morgan fingerprint density at radius 2 is 1.71 bits per heavy atom. The van der Waals surface area contributed by atoms with E-state index in [4.69, 9.17) is 4.74 Å². The molecule has 2 aromatic carbocycles. The highest BCUT2D eigenvalue weighted by Gasteiger charge is 2.25. The number of rotatable bonds is 7. The zero-order valence-corrected chi connectivity index (χ0v) is 20.2. The second-order valence-corrected chi connectivity index (χ2v) is 9.20. The first-order valence-electron chi connectivity index (χ1n) is 11.4. The van der Waals surface area contributed by atoms with Crippen LogP contribution in [-0.4, -0.2) is 61.2 Å². The van der Waals surface area contributed by atoms with Crippen LogP contribution in [0.3, 0.4) is 0 Å². The third-order valence-corrected chi connectivity index (χ3v) is 7.13. The lowest BCUT2D eigenvalue weighted by Gasteiger charge is -2.35. The van der Waals surface area contributed by atoms with Gasteiger partial charge in [0.05, 0.1) is 18.7 Å². The Balaban J connectivity index is 1.43. The number of phenols is 1. The molecule has 1 aliphatic heterocycles. The van der Waals surface area contributed by atoms with E-state index < -0.39 is 5.97 Å². The van der Waals surface area contributed by atoms with Gasteiger partial charge in [-0.15, -0.1) is 11.3 Å². The van der Waals surface area contributed by atoms with Crippen LogP contribution in [0.2, 0.25) is 0 Å². The van der Waals surface area contributed by atoms with Gasteiger partial charge in [-0.25, -0.2) is 4.79 Å². The zero-order valence-electron chi connectivity index (χ0n) is 19.4. The topological polar surface area (TPSA) is 82.1 Å². The van der Waals surface area contributed by atoms with Crippen LogP contribution < -0.4 is 10.2 Å². The maximum absolute atomic E-state index is 12.9. The van der Waals surface area contributed by atoms with Crippen molar-refractivity contribution in [2.45, 2.75) is 13.8 Å². The number of ether oxygens (including phenoxy) is 1. The van der Waals surface area contributed by atoms with E-state index in [0.29, 0.717) is 10.6 Å². The van der Waals surface area contributed by atoms with Gasteiger partial charge in [-0.3, -0.25) is 9.69 Å². The van der Waals surface area contributed by atoms with Gasteiger partial charge in [-0.05, 0) is 49.2 Å². The minimum absolute atomic E-state index is 0.149. The SMILES string of the molecule is CCOC(=O)c1c(NC(=O)CN2CCN(c3ccc(O)cc3)CC2)sc(-c2ccccc2)c1C. The van der Waals surface area contributed by atoms with Crippen molar-refractivity contribution in [3.63, 3.8) is 0 Å². The summed E-state index contributed by atoms with van der Waals surface area (Å²) in [5.41, 5.74) is 3.30. The predicted octanol–water partition coefficient (Wildman–Crippen LogP) is 4.37. The minimum atomic E-state index is -0.420. The van der Waals surface area contributed by atoms with Gasteiger partial charge >= 0.3 is 5.97 Å². The molecule has 0 radical (unpaired) electrons. The molecule has 0 saturated carbocycles. The van der Waals surface area contributed by atoms with Gasteiger partial charge in [-0.2, -0.15) is 0 Å². The van der Waals surface area contributed by atoms with Crippen LogP contribution >= 0.6 is 11.3 Å². The molecule has 0 aliphatic carbocycles. The number of nitrogens with zero attached hydrogens (tertiary/aromatic N) is 2. The first-order chi connectivity index (χ1) is 16.5. The zero-order chi connectivity index (χ0) is 24.1. The monoisotopic (exact) mass is 479 g/mol. The molecular weight excluding hydrogens is 450 g/mol. The smallest absolute Gasteiger partial charge is 0.341 e. The van der Waals surface area contributed by atoms with E-state index in [1.54, 1.807) is 19.1 Å². The van der Waals surface area contributed by atoms with Gasteiger partial charge in [0.15, 0.2) is 0 Å². The number of aromatic hydroxyl groups is 1. The van der Waals surface area contributed by atoms with Crippen LogP contribution in [0, 0.1) is 6.92 Å². The van der Waals surface area contributed by atoms with Crippen LogP contribution in [0.1, 0.15) is 22.8 Å². The van der Waals surface area contributed by atoms with Crippen molar-refractivity contribution in [3.05, 3.63) is 65.7 Å². The van der Waals surface area contributed by atoms with E-state index in [1.807, 2.05) is 49.4 Å². The van der Waals surface area contributed by atoms with E-state index in [1.165, 1.54) is 11.3 Å². The molecule has 1 saturated heterocycles. The summed E-state index contributed by atoms with van der Waals surface area (Å²) in [6.45, 7) is 7.27. The molecule has 8 heteroatoms. The Bertz CT molecular complexity index is 1140. The van der Waals surface area contributed by atoms with E-state index in [9.17, 15) is 14.7 Å². The average molecular weight is 480 g/mol. The maximum atomic E-state index is 12.9. The van der Waals surface area contributed by atoms with Gasteiger partial charge in [0.2, 0.25) is 5.91 Å². The Morgan fingerprint density at radius 3 is 2.35 bits per heavy atom. The molecule has 1 amide bonds. The quantitative estimate of drug-likeness (QED) is 0.490. The number of nitrogens with one attached hydrogen (secondary N) is 1. The first-order valence-corrected chi connectivity index (χ1v) is 12.2. The number of hydrogen-bond acceptors (Lipinski definition) is 7. The van der Waals surface area contributed by atoms with E-state index in [-0.39, 0.29) is 24.8 Å². The summed E-state index contributed by atoms with van der Waals surface area (Å²) in [6, 6.07) is 17.0.